The van der Waals surface area contributed by atoms with Crippen molar-refractivity contribution in [2.45, 2.75) is 5.75 Å². The third-order valence-electron chi connectivity index (χ3n) is 3.19. The number of rotatable bonds is 2. The van der Waals surface area contributed by atoms with Gasteiger partial charge < -0.3 is 9.52 Å². The number of benzene rings is 2. The molecular weight excluding hydrogens is 292 g/mol. The van der Waals surface area contributed by atoms with Crippen molar-refractivity contribution in [3.05, 3.63) is 52.4 Å². The minimum atomic E-state index is -3.17. The van der Waals surface area contributed by atoms with Gasteiger partial charge in [0.25, 0.3) is 0 Å². The molecule has 0 unspecified atom stereocenters. The Morgan fingerprint density at radius 1 is 1.05 bits per heavy atom. The topological polar surface area (TPSA) is 84.6 Å². The molecule has 0 saturated heterocycles. The molecule has 0 bridgehead atoms. The van der Waals surface area contributed by atoms with E-state index in [-0.39, 0.29) is 11.5 Å². The zero-order chi connectivity index (χ0) is 15.2. The summed E-state index contributed by atoms with van der Waals surface area (Å²) in [5.74, 6) is -0.116. The first-order valence-electron chi connectivity index (χ1n) is 6.20. The highest BCUT2D eigenvalue weighted by atomic mass is 32.2. The van der Waals surface area contributed by atoms with Crippen LogP contribution in [0.15, 0.2) is 45.6 Å². The Hall–Kier alpha value is -2.34. The minimum Gasteiger partial charge on any atom is -0.508 e. The van der Waals surface area contributed by atoms with Crippen molar-refractivity contribution < 1.29 is 17.9 Å². The molecule has 2 aromatic carbocycles. The van der Waals surface area contributed by atoms with Crippen LogP contribution in [0.25, 0.3) is 21.7 Å². The third kappa shape index (κ3) is 2.62. The molecule has 1 heterocycles. The van der Waals surface area contributed by atoms with Crippen LogP contribution in [0.3, 0.4) is 0 Å². The van der Waals surface area contributed by atoms with Crippen LogP contribution < -0.4 is 5.63 Å². The molecule has 21 heavy (non-hydrogen) atoms. The molecule has 0 aliphatic heterocycles. The van der Waals surface area contributed by atoms with Crippen molar-refractivity contribution in [2.75, 3.05) is 6.26 Å². The van der Waals surface area contributed by atoms with Gasteiger partial charge in [-0.2, -0.15) is 0 Å². The first kappa shape index (κ1) is 13.6. The van der Waals surface area contributed by atoms with Crippen LogP contribution >= 0.6 is 0 Å². The summed E-state index contributed by atoms with van der Waals surface area (Å²) in [6, 6.07) is 9.45. The largest absolute Gasteiger partial charge is 0.508 e. The second kappa shape index (κ2) is 4.60. The highest BCUT2D eigenvalue weighted by Crippen LogP contribution is 2.26. The number of aromatic hydroxyl groups is 1. The summed E-state index contributed by atoms with van der Waals surface area (Å²) in [6.07, 6.45) is 1.14. The lowest BCUT2D eigenvalue weighted by Crippen LogP contribution is -2.04. The maximum Gasteiger partial charge on any atom is 0.344 e. The summed E-state index contributed by atoms with van der Waals surface area (Å²) in [5, 5.41) is 11.1. The van der Waals surface area contributed by atoms with Gasteiger partial charge in [0.2, 0.25) is 0 Å². The Bertz CT molecular complexity index is 1020. The fourth-order valence-electron chi connectivity index (χ4n) is 2.36. The summed E-state index contributed by atoms with van der Waals surface area (Å²) in [5.41, 5.74) is 0.275. The number of hydrogen-bond donors (Lipinski definition) is 1. The first-order chi connectivity index (χ1) is 9.83. The highest BCUT2D eigenvalue weighted by molar-refractivity contribution is 7.89. The van der Waals surface area contributed by atoms with Crippen molar-refractivity contribution in [1.82, 2.24) is 0 Å². The number of phenolic OH excluding ortho intramolecular Hbond substituents is 1. The van der Waals surface area contributed by atoms with E-state index in [2.05, 4.69) is 0 Å². The van der Waals surface area contributed by atoms with Gasteiger partial charge in [-0.3, -0.25) is 0 Å². The van der Waals surface area contributed by atoms with E-state index in [1.807, 2.05) is 0 Å². The first-order valence-corrected chi connectivity index (χ1v) is 8.26. The Kier molecular flexibility index (Phi) is 2.98. The van der Waals surface area contributed by atoms with E-state index in [1.165, 1.54) is 18.2 Å². The minimum absolute atomic E-state index is 0.0127. The van der Waals surface area contributed by atoms with Crippen LogP contribution in [0.1, 0.15) is 5.56 Å². The van der Waals surface area contributed by atoms with Gasteiger partial charge >= 0.3 is 5.63 Å². The predicted molar refractivity (Wildman–Crippen MR) is 80.2 cm³/mol. The maximum absolute atomic E-state index is 12.0. The lowest BCUT2D eigenvalue weighted by atomic mass is 10.1. The van der Waals surface area contributed by atoms with Crippen LogP contribution in [0, 0.1) is 0 Å². The Balaban J connectivity index is 2.32. The van der Waals surface area contributed by atoms with Gasteiger partial charge in [0, 0.05) is 17.7 Å². The van der Waals surface area contributed by atoms with E-state index in [9.17, 15) is 18.3 Å². The van der Waals surface area contributed by atoms with E-state index in [1.54, 1.807) is 18.2 Å². The monoisotopic (exact) mass is 304 g/mol. The molecular formula is C15H12O5S. The summed E-state index contributed by atoms with van der Waals surface area (Å²) in [7, 11) is -3.17. The van der Waals surface area contributed by atoms with Gasteiger partial charge in [-0.25, -0.2) is 13.2 Å². The summed E-state index contributed by atoms with van der Waals surface area (Å²) in [4.78, 5) is 12.0. The quantitative estimate of drug-likeness (QED) is 0.579. The molecule has 108 valence electrons. The summed E-state index contributed by atoms with van der Waals surface area (Å²) < 4.78 is 27.9. The molecule has 0 amide bonds. The molecule has 6 heteroatoms. The second-order valence-corrected chi connectivity index (χ2v) is 7.16. The zero-order valence-corrected chi connectivity index (χ0v) is 12.0. The Labute approximate surface area is 120 Å². The third-order valence-corrected chi connectivity index (χ3v) is 4.05. The lowest BCUT2D eigenvalue weighted by molar-refractivity contribution is 0.473. The van der Waals surface area contributed by atoms with E-state index in [4.69, 9.17) is 4.42 Å². The molecule has 0 spiro atoms. The molecule has 5 nitrogen and oxygen atoms in total. The van der Waals surface area contributed by atoms with Gasteiger partial charge in [0.05, 0.1) is 11.1 Å². The van der Waals surface area contributed by atoms with E-state index >= 15 is 0 Å². The molecule has 0 atom stereocenters. The van der Waals surface area contributed by atoms with Crippen LogP contribution in [-0.4, -0.2) is 19.8 Å². The maximum atomic E-state index is 12.0. The van der Waals surface area contributed by atoms with E-state index in [0.717, 1.165) is 6.26 Å². The van der Waals surface area contributed by atoms with Gasteiger partial charge in [-0.1, -0.05) is 12.1 Å². The number of phenols is 1. The second-order valence-electron chi connectivity index (χ2n) is 5.02. The summed E-state index contributed by atoms with van der Waals surface area (Å²) in [6.45, 7) is 0. The molecule has 1 aromatic heterocycles. The standard InChI is InChI=1S/C15H12O5S/c1-21(18,19)8-9-2-4-11-12-5-3-10(16)7-14(12)20-15(17)13(11)6-9/h2-7,16H,8H2,1H3. The molecule has 0 saturated carbocycles. The van der Waals surface area contributed by atoms with Crippen molar-refractivity contribution >= 4 is 31.6 Å². The van der Waals surface area contributed by atoms with Crippen molar-refractivity contribution in [3.8, 4) is 5.75 Å². The molecule has 3 rings (SSSR count). The average molecular weight is 304 g/mol. The molecule has 0 aliphatic rings. The smallest absolute Gasteiger partial charge is 0.344 e. The van der Waals surface area contributed by atoms with Gasteiger partial charge in [0.15, 0.2) is 9.84 Å². The average Bonchev–Trinajstić information content (AvgIpc) is 2.37. The van der Waals surface area contributed by atoms with Crippen LogP contribution in [0.4, 0.5) is 0 Å². The fourth-order valence-corrected chi connectivity index (χ4v) is 3.15. The molecule has 3 aromatic rings. The van der Waals surface area contributed by atoms with Crippen molar-refractivity contribution in [1.29, 1.82) is 0 Å². The normalized spacial score (nSPS) is 12.0. The van der Waals surface area contributed by atoms with Crippen LogP contribution in [0.5, 0.6) is 5.75 Å². The number of sulfone groups is 1. The molecule has 0 aliphatic carbocycles. The lowest BCUT2D eigenvalue weighted by Gasteiger charge is -2.05. The molecule has 1 N–H and O–H groups in total. The number of fused-ring (bicyclic) bond motifs is 3. The zero-order valence-electron chi connectivity index (χ0n) is 11.2. The van der Waals surface area contributed by atoms with E-state index < -0.39 is 15.5 Å². The van der Waals surface area contributed by atoms with Crippen LogP contribution in [0.2, 0.25) is 0 Å². The molecule has 0 radical (unpaired) electrons. The Morgan fingerprint density at radius 2 is 1.76 bits per heavy atom. The van der Waals surface area contributed by atoms with Crippen molar-refractivity contribution in [3.63, 3.8) is 0 Å². The summed E-state index contributed by atoms with van der Waals surface area (Å²) >= 11 is 0. The highest BCUT2D eigenvalue weighted by Gasteiger charge is 2.11. The number of hydrogen-bond acceptors (Lipinski definition) is 5. The molecule has 0 fully saturated rings. The van der Waals surface area contributed by atoms with Gasteiger partial charge in [-0.05, 0) is 29.1 Å². The van der Waals surface area contributed by atoms with Crippen LogP contribution in [-0.2, 0) is 15.6 Å². The van der Waals surface area contributed by atoms with Crippen molar-refractivity contribution in [2.24, 2.45) is 0 Å². The van der Waals surface area contributed by atoms with E-state index in [0.29, 0.717) is 27.3 Å². The van der Waals surface area contributed by atoms with Gasteiger partial charge in [0.1, 0.15) is 11.3 Å². The fraction of sp³-hybridized carbons (Fsp3) is 0.133. The predicted octanol–water partition coefficient (Wildman–Crippen LogP) is 2.20. The Morgan fingerprint density at radius 3 is 2.48 bits per heavy atom. The SMILES string of the molecule is CS(=O)(=O)Cc1ccc2c(c1)c(=O)oc1cc(O)ccc12. The van der Waals surface area contributed by atoms with Gasteiger partial charge in [-0.15, -0.1) is 0 Å².